The zero-order chi connectivity index (χ0) is 22.2. The average molecular weight is 545 g/mol. The molecule has 1 amide bonds. The number of nitrogens with zero attached hydrogens (tertiary/aromatic N) is 4. The van der Waals surface area contributed by atoms with E-state index in [0.717, 1.165) is 16.7 Å². The lowest BCUT2D eigenvalue weighted by atomic mass is 10.3. The second-order valence-corrected chi connectivity index (χ2v) is 9.07. The number of hydrogen-bond donors (Lipinski definition) is 1. The molecule has 0 aliphatic rings. The van der Waals surface area contributed by atoms with Gasteiger partial charge in [-0.2, -0.15) is 0 Å². The minimum absolute atomic E-state index is 0.153. The maximum Gasteiger partial charge on any atom is 0.236 e. The Balaban J connectivity index is 1.48. The highest BCUT2D eigenvalue weighted by Crippen LogP contribution is 2.27. The van der Waals surface area contributed by atoms with Gasteiger partial charge in [0.2, 0.25) is 5.91 Å². The van der Waals surface area contributed by atoms with Crippen LogP contribution in [0.2, 0.25) is 10.0 Å². The maximum atomic E-state index is 12.2. The van der Waals surface area contributed by atoms with Crippen LogP contribution < -0.4 is 10.1 Å². The van der Waals surface area contributed by atoms with Crippen molar-refractivity contribution in [1.82, 2.24) is 19.7 Å². The first-order chi connectivity index (χ1) is 15.0. The van der Waals surface area contributed by atoms with Gasteiger partial charge < -0.3 is 14.6 Å². The minimum Gasteiger partial charge on any atom is -0.492 e. The molecule has 11 heteroatoms. The summed E-state index contributed by atoms with van der Waals surface area (Å²) in [5.41, 5.74) is 0. The van der Waals surface area contributed by atoms with Crippen LogP contribution in [0.1, 0.15) is 19.2 Å². The molecule has 0 spiro atoms. The molecular weight excluding hydrogens is 525 g/mol. The number of nitrogens with one attached hydrogen (secondary N) is 1. The van der Waals surface area contributed by atoms with Gasteiger partial charge in [0.25, 0.3) is 0 Å². The number of rotatable bonds is 10. The number of pyridine rings is 1. The van der Waals surface area contributed by atoms with E-state index in [9.17, 15) is 4.79 Å². The Bertz CT molecular complexity index is 1030. The molecule has 0 aliphatic carbocycles. The van der Waals surface area contributed by atoms with Crippen LogP contribution in [0.25, 0.3) is 0 Å². The van der Waals surface area contributed by atoms with E-state index in [2.05, 4.69) is 36.4 Å². The van der Waals surface area contributed by atoms with Gasteiger partial charge in [0.05, 0.1) is 17.4 Å². The number of anilines is 1. The molecule has 0 radical (unpaired) electrons. The molecule has 3 aromatic rings. The molecule has 0 atom stereocenters. The van der Waals surface area contributed by atoms with Gasteiger partial charge in [-0.1, -0.05) is 35.0 Å². The summed E-state index contributed by atoms with van der Waals surface area (Å²) in [5, 5.41) is 13.0. The molecule has 2 heterocycles. The van der Waals surface area contributed by atoms with Gasteiger partial charge in [0.1, 0.15) is 17.4 Å². The fourth-order valence-corrected chi connectivity index (χ4v) is 4.21. The number of aryl methyl sites for hydroxylation is 1. The molecule has 0 aliphatic heterocycles. The fourth-order valence-electron chi connectivity index (χ4n) is 2.69. The zero-order valence-electron chi connectivity index (χ0n) is 16.6. The Labute approximate surface area is 203 Å². The predicted octanol–water partition coefficient (Wildman–Crippen LogP) is 5.50. The van der Waals surface area contributed by atoms with E-state index < -0.39 is 0 Å². The number of thioether (sulfide) groups is 1. The molecule has 0 saturated carbocycles. The van der Waals surface area contributed by atoms with Crippen molar-refractivity contribution in [2.24, 2.45) is 0 Å². The molecule has 164 valence electrons. The summed E-state index contributed by atoms with van der Waals surface area (Å²) >= 11 is 16.7. The van der Waals surface area contributed by atoms with Gasteiger partial charge in [-0.05, 0) is 59.6 Å². The number of ether oxygens (including phenoxy) is 1. The molecule has 0 unspecified atom stereocenters. The van der Waals surface area contributed by atoms with Crippen LogP contribution in [-0.2, 0) is 17.8 Å². The molecule has 2 aromatic heterocycles. The quantitative estimate of drug-likeness (QED) is 0.268. The molecule has 1 aromatic carbocycles. The SMILES string of the molecule is CCn1c(CCCOc2ccc(Cl)cc2Cl)nnc1SCC(=O)Nc1ccc(Br)cn1. The molecule has 0 bridgehead atoms. The minimum atomic E-state index is -0.153. The smallest absolute Gasteiger partial charge is 0.236 e. The Kier molecular flexibility index (Phi) is 9.01. The van der Waals surface area contributed by atoms with Crippen LogP contribution in [0.5, 0.6) is 5.75 Å². The van der Waals surface area contributed by atoms with Gasteiger partial charge in [-0.3, -0.25) is 4.79 Å². The molecule has 0 fully saturated rings. The number of hydrogen-bond acceptors (Lipinski definition) is 6. The highest BCUT2D eigenvalue weighted by atomic mass is 79.9. The predicted molar refractivity (Wildman–Crippen MR) is 127 cm³/mol. The third-order valence-corrected chi connectivity index (χ3v) is 6.10. The van der Waals surface area contributed by atoms with Crippen molar-refractivity contribution in [2.75, 3.05) is 17.7 Å². The van der Waals surface area contributed by atoms with Crippen LogP contribution in [-0.4, -0.2) is 38.0 Å². The van der Waals surface area contributed by atoms with E-state index in [-0.39, 0.29) is 11.7 Å². The van der Waals surface area contributed by atoms with E-state index in [1.807, 2.05) is 17.6 Å². The van der Waals surface area contributed by atoms with Crippen molar-refractivity contribution in [3.63, 3.8) is 0 Å². The van der Waals surface area contributed by atoms with Crippen LogP contribution >= 0.6 is 50.9 Å². The van der Waals surface area contributed by atoms with Gasteiger partial charge in [0, 0.05) is 28.7 Å². The first kappa shape index (κ1) is 23.8. The highest BCUT2D eigenvalue weighted by Gasteiger charge is 2.13. The van der Waals surface area contributed by atoms with Crippen LogP contribution in [0.15, 0.2) is 46.2 Å². The molecular formula is C20H20BrCl2N5O2S. The van der Waals surface area contributed by atoms with E-state index in [1.165, 1.54) is 11.8 Å². The van der Waals surface area contributed by atoms with Gasteiger partial charge in [-0.25, -0.2) is 4.98 Å². The van der Waals surface area contributed by atoms with Crippen LogP contribution in [0, 0.1) is 0 Å². The first-order valence-electron chi connectivity index (χ1n) is 9.50. The summed E-state index contributed by atoms with van der Waals surface area (Å²) in [6.45, 7) is 3.22. The monoisotopic (exact) mass is 543 g/mol. The lowest BCUT2D eigenvalue weighted by Gasteiger charge is -2.09. The number of benzene rings is 1. The Morgan fingerprint density at radius 2 is 2.10 bits per heavy atom. The molecule has 7 nitrogen and oxygen atoms in total. The average Bonchev–Trinajstić information content (AvgIpc) is 3.14. The van der Waals surface area contributed by atoms with Crippen molar-refractivity contribution < 1.29 is 9.53 Å². The summed E-state index contributed by atoms with van der Waals surface area (Å²) in [4.78, 5) is 16.3. The largest absolute Gasteiger partial charge is 0.492 e. The van der Waals surface area contributed by atoms with Crippen molar-refractivity contribution in [3.05, 3.63) is 56.9 Å². The fraction of sp³-hybridized carbons (Fsp3) is 0.300. The summed E-state index contributed by atoms with van der Waals surface area (Å²) < 4.78 is 8.58. The van der Waals surface area contributed by atoms with E-state index in [1.54, 1.807) is 30.5 Å². The third kappa shape index (κ3) is 7.10. The molecule has 1 N–H and O–H groups in total. The molecule has 31 heavy (non-hydrogen) atoms. The number of aromatic nitrogens is 4. The standard InChI is InChI=1S/C20H20BrCl2N5O2S/c1-2-28-18(4-3-9-30-16-7-6-14(22)10-15(16)23)26-27-20(28)31-12-19(29)25-17-8-5-13(21)11-24-17/h5-8,10-11H,2-4,9,12H2,1H3,(H,24,25,29). The van der Waals surface area contributed by atoms with Gasteiger partial charge in [0.15, 0.2) is 5.16 Å². The number of carbonyl (C=O) groups excluding carboxylic acids is 1. The lowest BCUT2D eigenvalue weighted by molar-refractivity contribution is -0.113. The number of halogens is 3. The molecule has 0 saturated heterocycles. The number of amides is 1. The van der Waals surface area contributed by atoms with Crippen LogP contribution in [0.4, 0.5) is 5.82 Å². The summed E-state index contributed by atoms with van der Waals surface area (Å²) in [5.74, 6) is 2.03. The van der Waals surface area contributed by atoms with E-state index in [0.29, 0.717) is 46.3 Å². The van der Waals surface area contributed by atoms with E-state index in [4.69, 9.17) is 27.9 Å². The third-order valence-electron chi connectivity index (χ3n) is 4.13. The second-order valence-electron chi connectivity index (χ2n) is 6.37. The second kappa shape index (κ2) is 11.7. The Morgan fingerprint density at radius 3 is 2.81 bits per heavy atom. The summed E-state index contributed by atoms with van der Waals surface area (Å²) in [7, 11) is 0. The van der Waals surface area contributed by atoms with Crippen molar-refractivity contribution >= 4 is 62.6 Å². The normalized spacial score (nSPS) is 10.8. The lowest BCUT2D eigenvalue weighted by Crippen LogP contribution is -2.15. The van der Waals surface area contributed by atoms with Gasteiger partial charge in [-0.15, -0.1) is 10.2 Å². The molecule has 3 rings (SSSR count). The van der Waals surface area contributed by atoms with Crippen molar-refractivity contribution in [3.8, 4) is 5.75 Å². The Hall–Kier alpha value is -1.81. The van der Waals surface area contributed by atoms with Crippen molar-refractivity contribution in [1.29, 1.82) is 0 Å². The summed E-state index contributed by atoms with van der Waals surface area (Å²) in [6.07, 6.45) is 3.08. The topological polar surface area (TPSA) is 81.9 Å². The Morgan fingerprint density at radius 1 is 1.26 bits per heavy atom. The van der Waals surface area contributed by atoms with E-state index >= 15 is 0 Å². The zero-order valence-corrected chi connectivity index (χ0v) is 20.6. The summed E-state index contributed by atoms with van der Waals surface area (Å²) in [6, 6.07) is 8.70. The first-order valence-corrected chi connectivity index (χ1v) is 12.0. The highest BCUT2D eigenvalue weighted by molar-refractivity contribution is 9.10. The maximum absolute atomic E-state index is 12.2. The van der Waals surface area contributed by atoms with Crippen LogP contribution in [0.3, 0.4) is 0 Å². The van der Waals surface area contributed by atoms with Crippen molar-refractivity contribution in [2.45, 2.75) is 31.5 Å². The number of carbonyl (C=O) groups is 1. The van der Waals surface area contributed by atoms with Gasteiger partial charge >= 0.3 is 0 Å².